The molecule has 0 saturated heterocycles. The van der Waals surface area contributed by atoms with Crippen molar-refractivity contribution in [2.45, 2.75) is 31.7 Å². The lowest BCUT2D eigenvalue weighted by atomic mass is 10.1. The highest BCUT2D eigenvalue weighted by Gasteiger charge is 2.29. The Morgan fingerprint density at radius 3 is 2.78 bits per heavy atom. The number of nitrogens with zero attached hydrogens (tertiary/aromatic N) is 1. The van der Waals surface area contributed by atoms with Crippen LogP contribution in [0.1, 0.15) is 24.8 Å². The van der Waals surface area contributed by atoms with Crippen LogP contribution in [-0.4, -0.2) is 23.1 Å². The molecule has 0 radical (unpaired) electrons. The van der Waals surface area contributed by atoms with Crippen LogP contribution in [0.25, 0.3) is 0 Å². The van der Waals surface area contributed by atoms with Crippen molar-refractivity contribution in [2.24, 2.45) is 5.73 Å². The van der Waals surface area contributed by atoms with E-state index in [9.17, 15) is 9.59 Å². The predicted octanol–water partition coefficient (Wildman–Crippen LogP) is 1.75. The Balaban J connectivity index is 2.40. The smallest absolute Gasteiger partial charge is 0.319 e. The lowest BCUT2D eigenvalue weighted by Crippen LogP contribution is -2.44. The maximum Gasteiger partial charge on any atom is 0.319 e. The molecule has 1 aliphatic rings. The number of aliphatic carboxylic acids is 1. The van der Waals surface area contributed by atoms with Crippen molar-refractivity contribution in [3.05, 3.63) is 29.8 Å². The van der Waals surface area contributed by atoms with E-state index in [1.807, 2.05) is 24.3 Å². The molecule has 5 heteroatoms. The Morgan fingerprint density at radius 2 is 2.11 bits per heavy atom. The third-order valence-corrected chi connectivity index (χ3v) is 3.25. The average molecular weight is 248 g/mol. The highest BCUT2D eigenvalue weighted by molar-refractivity contribution is 5.93. The molecule has 1 aromatic carbocycles. The minimum atomic E-state index is -0.911. The molecule has 0 saturated carbocycles. The molecule has 18 heavy (non-hydrogen) atoms. The van der Waals surface area contributed by atoms with Gasteiger partial charge < -0.3 is 10.8 Å². The fourth-order valence-corrected chi connectivity index (χ4v) is 2.50. The zero-order chi connectivity index (χ0) is 13.1. The van der Waals surface area contributed by atoms with Crippen molar-refractivity contribution < 1.29 is 14.7 Å². The number of urea groups is 1. The Kier molecular flexibility index (Phi) is 3.50. The number of rotatable bonds is 2. The van der Waals surface area contributed by atoms with Crippen molar-refractivity contribution in [1.82, 2.24) is 0 Å². The van der Waals surface area contributed by atoms with Crippen LogP contribution >= 0.6 is 0 Å². The largest absolute Gasteiger partial charge is 0.481 e. The Labute approximate surface area is 105 Å². The SMILES string of the molecule is NC(=O)N1c2ccccc2CCCC1CC(=O)O. The molecule has 1 aromatic rings. The molecular formula is C13H16N2O3. The first kappa shape index (κ1) is 12.4. The van der Waals surface area contributed by atoms with Gasteiger partial charge in [-0.2, -0.15) is 0 Å². The summed E-state index contributed by atoms with van der Waals surface area (Å²) in [6, 6.07) is 6.57. The van der Waals surface area contributed by atoms with E-state index >= 15 is 0 Å². The summed E-state index contributed by atoms with van der Waals surface area (Å²) in [6.45, 7) is 0. The zero-order valence-electron chi connectivity index (χ0n) is 10.0. The van der Waals surface area contributed by atoms with Gasteiger partial charge in [-0.15, -0.1) is 0 Å². The van der Waals surface area contributed by atoms with Gasteiger partial charge in [-0.25, -0.2) is 4.79 Å². The number of fused-ring (bicyclic) bond motifs is 1. The van der Waals surface area contributed by atoms with E-state index in [1.165, 1.54) is 4.90 Å². The number of hydrogen-bond acceptors (Lipinski definition) is 2. The molecule has 0 bridgehead atoms. The van der Waals surface area contributed by atoms with Gasteiger partial charge in [0.25, 0.3) is 0 Å². The van der Waals surface area contributed by atoms with Crippen molar-refractivity contribution in [3.8, 4) is 0 Å². The van der Waals surface area contributed by atoms with Crippen LogP contribution < -0.4 is 10.6 Å². The van der Waals surface area contributed by atoms with E-state index in [0.29, 0.717) is 6.42 Å². The lowest BCUT2D eigenvalue weighted by molar-refractivity contribution is -0.137. The maximum absolute atomic E-state index is 11.6. The highest BCUT2D eigenvalue weighted by Crippen LogP contribution is 2.30. The van der Waals surface area contributed by atoms with E-state index in [4.69, 9.17) is 10.8 Å². The number of primary amides is 1. The summed E-state index contributed by atoms with van der Waals surface area (Å²) in [4.78, 5) is 23.9. The number of carboxylic acids is 1. The molecule has 5 nitrogen and oxygen atoms in total. The third-order valence-electron chi connectivity index (χ3n) is 3.25. The fraction of sp³-hybridized carbons (Fsp3) is 0.385. The Bertz CT molecular complexity index is 473. The van der Waals surface area contributed by atoms with Crippen LogP contribution in [0.2, 0.25) is 0 Å². The number of amides is 2. The van der Waals surface area contributed by atoms with Crippen LogP contribution in [0.4, 0.5) is 10.5 Å². The molecule has 1 heterocycles. The summed E-state index contributed by atoms with van der Waals surface area (Å²) in [7, 11) is 0. The summed E-state index contributed by atoms with van der Waals surface area (Å²) in [5.41, 5.74) is 7.20. The summed E-state index contributed by atoms with van der Waals surface area (Å²) in [5, 5.41) is 8.93. The number of aryl methyl sites for hydroxylation is 1. The number of carbonyl (C=O) groups excluding carboxylic acids is 1. The van der Waals surface area contributed by atoms with Gasteiger partial charge in [0.1, 0.15) is 0 Å². The second-order valence-electron chi connectivity index (χ2n) is 4.48. The van der Waals surface area contributed by atoms with Crippen LogP contribution in [0.15, 0.2) is 24.3 Å². The summed E-state index contributed by atoms with van der Waals surface area (Å²) in [5.74, 6) is -0.911. The second-order valence-corrected chi connectivity index (χ2v) is 4.48. The summed E-state index contributed by atoms with van der Waals surface area (Å²) >= 11 is 0. The first-order valence-electron chi connectivity index (χ1n) is 5.98. The maximum atomic E-state index is 11.6. The molecule has 1 unspecified atom stereocenters. The average Bonchev–Trinajstić information content (AvgIpc) is 2.46. The van der Waals surface area contributed by atoms with E-state index in [-0.39, 0.29) is 12.5 Å². The monoisotopic (exact) mass is 248 g/mol. The molecule has 0 aromatic heterocycles. The first-order chi connectivity index (χ1) is 8.59. The molecule has 2 amide bonds. The van der Waals surface area contributed by atoms with Gasteiger partial charge in [-0.05, 0) is 30.9 Å². The molecule has 0 fully saturated rings. The molecule has 96 valence electrons. The quantitative estimate of drug-likeness (QED) is 0.836. The van der Waals surface area contributed by atoms with Gasteiger partial charge in [0, 0.05) is 11.7 Å². The van der Waals surface area contributed by atoms with E-state index in [2.05, 4.69) is 0 Å². The lowest BCUT2D eigenvalue weighted by Gasteiger charge is -2.28. The number of para-hydroxylation sites is 1. The number of anilines is 1. The molecule has 0 aliphatic carbocycles. The molecule has 0 spiro atoms. The van der Waals surface area contributed by atoms with Gasteiger partial charge in [0.2, 0.25) is 0 Å². The van der Waals surface area contributed by atoms with Gasteiger partial charge in [-0.3, -0.25) is 9.69 Å². The van der Waals surface area contributed by atoms with Crippen LogP contribution in [-0.2, 0) is 11.2 Å². The van der Waals surface area contributed by atoms with Gasteiger partial charge >= 0.3 is 12.0 Å². The van der Waals surface area contributed by atoms with Gasteiger partial charge in [0.05, 0.1) is 6.42 Å². The van der Waals surface area contributed by atoms with Crippen molar-refractivity contribution in [2.75, 3.05) is 4.90 Å². The number of carbonyl (C=O) groups is 2. The number of carboxylic acid groups (broad SMARTS) is 1. The second kappa shape index (κ2) is 5.08. The Hall–Kier alpha value is -2.04. The number of nitrogens with two attached hydrogens (primary N) is 1. The fourth-order valence-electron chi connectivity index (χ4n) is 2.50. The topological polar surface area (TPSA) is 83.6 Å². The standard InChI is InChI=1S/C13H16N2O3/c14-13(18)15-10(8-12(16)17)6-3-5-9-4-1-2-7-11(9)15/h1-2,4,7,10H,3,5-6,8H2,(H2,14,18)(H,16,17). The van der Waals surface area contributed by atoms with Crippen molar-refractivity contribution in [3.63, 3.8) is 0 Å². The van der Waals surface area contributed by atoms with E-state index < -0.39 is 12.0 Å². The normalized spacial score (nSPS) is 18.9. The van der Waals surface area contributed by atoms with E-state index in [1.54, 1.807) is 0 Å². The van der Waals surface area contributed by atoms with E-state index in [0.717, 1.165) is 24.1 Å². The van der Waals surface area contributed by atoms with Crippen LogP contribution in [0.3, 0.4) is 0 Å². The summed E-state index contributed by atoms with van der Waals surface area (Å²) < 4.78 is 0. The molecule has 1 atom stereocenters. The van der Waals surface area contributed by atoms with Crippen molar-refractivity contribution >= 4 is 17.7 Å². The first-order valence-corrected chi connectivity index (χ1v) is 5.98. The molecule has 1 aliphatic heterocycles. The number of hydrogen-bond donors (Lipinski definition) is 2. The zero-order valence-corrected chi connectivity index (χ0v) is 10.0. The van der Waals surface area contributed by atoms with Crippen molar-refractivity contribution in [1.29, 1.82) is 0 Å². The summed E-state index contributed by atoms with van der Waals surface area (Å²) in [6.07, 6.45) is 2.29. The van der Waals surface area contributed by atoms with Gasteiger partial charge in [-0.1, -0.05) is 18.2 Å². The minimum absolute atomic E-state index is 0.0721. The third kappa shape index (κ3) is 2.45. The predicted molar refractivity (Wildman–Crippen MR) is 67.5 cm³/mol. The van der Waals surface area contributed by atoms with Crippen LogP contribution in [0, 0.1) is 0 Å². The molecule has 2 rings (SSSR count). The number of benzene rings is 1. The van der Waals surface area contributed by atoms with Crippen LogP contribution in [0.5, 0.6) is 0 Å². The molecule has 3 N–H and O–H groups in total. The molecular weight excluding hydrogens is 232 g/mol. The Morgan fingerprint density at radius 1 is 1.39 bits per heavy atom. The highest BCUT2D eigenvalue weighted by atomic mass is 16.4. The van der Waals surface area contributed by atoms with Gasteiger partial charge in [0.15, 0.2) is 0 Å². The minimum Gasteiger partial charge on any atom is -0.481 e.